The summed E-state index contributed by atoms with van der Waals surface area (Å²) < 4.78 is 24.9. The van der Waals surface area contributed by atoms with E-state index in [0.717, 1.165) is 13.0 Å². The van der Waals surface area contributed by atoms with Crippen LogP contribution in [0.3, 0.4) is 0 Å². The van der Waals surface area contributed by atoms with Crippen molar-refractivity contribution >= 4 is 0 Å². The molecule has 0 saturated carbocycles. The van der Waals surface area contributed by atoms with Gasteiger partial charge in [-0.15, -0.1) is 0 Å². The van der Waals surface area contributed by atoms with Crippen molar-refractivity contribution in [3.05, 3.63) is 0 Å². The first-order chi connectivity index (χ1) is 8.33. The molecule has 0 bridgehead atoms. The van der Waals surface area contributed by atoms with Gasteiger partial charge in [0.1, 0.15) is 0 Å². The maximum absolute atomic E-state index is 12.4. The van der Waals surface area contributed by atoms with Gasteiger partial charge in [0.25, 0.3) is 6.43 Å². The highest BCUT2D eigenvalue weighted by atomic mass is 19.3. The molecule has 0 aliphatic heterocycles. The number of rotatable bonds is 10. The number of hydrogen-bond donors (Lipinski definition) is 2. The topological polar surface area (TPSA) is 35.5 Å². The number of halogens is 2. The van der Waals surface area contributed by atoms with Gasteiger partial charge in [0, 0.05) is 19.1 Å². The number of alkyl halides is 2. The summed E-state index contributed by atoms with van der Waals surface area (Å²) in [5.41, 5.74) is -0.112. The molecule has 0 aromatic carbocycles. The summed E-state index contributed by atoms with van der Waals surface area (Å²) in [5, 5.41) is 12.3. The van der Waals surface area contributed by atoms with E-state index >= 15 is 0 Å². The predicted octanol–water partition coefficient (Wildman–Crippen LogP) is 1.96. The van der Waals surface area contributed by atoms with Gasteiger partial charge in [0.05, 0.1) is 13.2 Å². The molecule has 0 aliphatic rings. The van der Waals surface area contributed by atoms with Gasteiger partial charge in [-0.3, -0.25) is 4.90 Å². The second-order valence-electron chi connectivity index (χ2n) is 5.51. The lowest BCUT2D eigenvalue weighted by atomic mass is 9.84. The lowest BCUT2D eigenvalue weighted by Gasteiger charge is -2.37. The summed E-state index contributed by atoms with van der Waals surface area (Å²) in [4.78, 5) is 1.63. The molecule has 2 N–H and O–H groups in total. The average Bonchev–Trinajstić information content (AvgIpc) is 2.24. The van der Waals surface area contributed by atoms with E-state index in [1.165, 1.54) is 0 Å². The van der Waals surface area contributed by atoms with Gasteiger partial charge in [0.2, 0.25) is 0 Å². The monoisotopic (exact) mass is 266 g/mol. The molecule has 3 nitrogen and oxygen atoms in total. The molecule has 0 aromatic rings. The third kappa shape index (κ3) is 7.24. The lowest BCUT2D eigenvalue weighted by molar-refractivity contribution is 0.0504. The molecule has 1 unspecified atom stereocenters. The number of nitrogens with zero attached hydrogens (tertiary/aromatic N) is 1. The van der Waals surface area contributed by atoms with Crippen molar-refractivity contribution in [2.24, 2.45) is 5.41 Å². The van der Waals surface area contributed by atoms with Crippen LogP contribution >= 0.6 is 0 Å². The van der Waals surface area contributed by atoms with Gasteiger partial charge in [0.15, 0.2) is 0 Å². The third-order valence-corrected chi connectivity index (χ3v) is 3.32. The van der Waals surface area contributed by atoms with E-state index in [4.69, 9.17) is 5.11 Å². The Labute approximate surface area is 110 Å². The van der Waals surface area contributed by atoms with E-state index in [0.29, 0.717) is 13.1 Å². The van der Waals surface area contributed by atoms with Crippen molar-refractivity contribution in [2.75, 3.05) is 32.8 Å². The van der Waals surface area contributed by atoms with E-state index in [-0.39, 0.29) is 24.6 Å². The van der Waals surface area contributed by atoms with Crippen LogP contribution in [-0.2, 0) is 0 Å². The van der Waals surface area contributed by atoms with Crippen molar-refractivity contribution < 1.29 is 13.9 Å². The summed E-state index contributed by atoms with van der Waals surface area (Å²) in [7, 11) is 0. The molecule has 1 atom stereocenters. The summed E-state index contributed by atoms with van der Waals surface area (Å²) in [6, 6.07) is 0.247. The van der Waals surface area contributed by atoms with Crippen LogP contribution in [0.2, 0.25) is 0 Å². The van der Waals surface area contributed by atoms with Crippen LogP contribution in [0.25, 0.3) is 0 Å². The Balaban J connectivity index is 4.37. The van der Waals surface area contributed by atoms with E-state index in [9.17, 15) is 8.78 Å². The lowest BCUT2D eigenvalue weighted by Crippen LogP contribution is -2.48. The van der Waals surface area contributed by atoms with Crippen molar-refractivity contribution in [3.8, 4) is 0 Å². The van der Waals surface area contributed by atoms with E-state index in [1.807, 2.05) is 0 Å². The molecule has 0 fully saturated rings. The zero-order chi connectivity index (χ0) is 14.2. The fraction of sp³-hybridized carbons (Fsp3) is 1.00. The van der Waals surface area contributed by atoms with Crippen LogP contribution in [0.1, 0.15) is 34.1 Å². The van der Waals surface area contributed by atoms with Crippen LogP contribution in [0.5, 0.6) is 0 Å². The molecular formula is C13H28F2N2O. The molecule has 0 spiro atoms. The van der Waals surface area contributed by atoms with E-state index < -0.39 is 6.43 Å². The Hall–Kier alpha value is -0.260. The Bertz CT molecular complexity index is 213. The highest BCUT2D eigenvalue weighted by Crippen LogP contribution is 2.22. The first-order valence-corrected chi connectivity index (χ1v) is 6.68. The summed E-state index contributed by atoms with van der Waals surface area (Å²) >= 11 is 0. The average molecular weight is 266 g/mol. The molecule has 0 rings (SSSR count). The maximum atomic E-state index is 12.4. The third-order valence-electron chi connectivity index (χ3n) is 3.32. The number of nitrogens with one attached hydrogen (secondary N) is 1. The Morgan fingerprint density at radius 2 is 1.94 bits per heavy atom. The van der Waals surface area contributed by atoms with Crippen LogP contribution in [-0.4, -0.2) is 55.3 Å². The molecule has 18 heavy (non-hydrogen) atoms. The van der Waals surface area contributed by atoms with Gasteiger partial charge >= 0.3 is 0 Å². The number of hydrogen-bond acceptors (Lipinski definition) is 3. The highest BCUT2D eigenvalue weighted by molar-refractivity contribution is 4.84. The minimum absolute atomic E-state index is 0.0838. The second-order valence-corrected chi connectivity index (χ2v) is 5.51. The fourth-order valence-electron chi connectivity index (χ4n) is 1.92. The summed E-state index contributed by atoms with van der Waals surface area (Å²) in [6.45, 7) is 9.73. The van der Waals surface area contributed by atoms with Gasteiger partial charge in [-0.2, -0.15) is 0 Å². The van der Waals surface area contributed by atoms with Crippen LogP contribution in [0.4, 0.5) is 8.78 Å². The molecule has 0 saturated heterocycles. The molecule has 0 aromatic heterocycles. The Morgan fingerprint density at radius 3 is 2.39 bits per heavy atom. The quantitative estimate of drug-likeness (QED) is 0.634. The minimum atomic E-state index is -2.36. The normalized spacial score (nSPS) is 14.5. The smallest absolute Gasteiger partial charge is 0.251 e. The second kappa shape index (κ2) is 8.77. The van der Waals surface area contributed by atoms with Crippen LogP contribution < -0.4 is 5.32 Å². The zero-order valence-electron chi connectivity index (χ0n) is 12.0. The molecule has 0 amide bonds. The largest absolute Gasteiger partial charge is 0.395 e. The Kier molecular flexibility index (Phi) is 8.65. The van der Waals surface area contributed by atoms with Crippen LogP contribution in [0.15, 0.2) is 0 Å². The zero-order valence-corrected chi connectivity index (χ0v) is 12.0. The molecular weight excluding hydrogens is 238 g/mol. The highest BCUT2D eigenvalue weighted by Gasteiger charge is 2.28. The van der Waals surface area contributed by atoms with Gasteiger partial charge < -0.3 is 10.4 Å². The number of aliphatic hydroxyl groups excluding tert-OH is 1. The Morgan fingerprint density at radius 1 is 1.33 bits per heavy atom. The van der Waals surface area contributed by atoms with Gasteiger partial charge in [-0.05, 0) is 25.3 Å². The number of aliphatic hydroxyl groups is 1. The van der Waals surface area contributed by atoms with Crippen molar-refractivity contribution in [3.63, 3.8) is 0 Å². The fourth-order valence-corrected chi connectivity index (χ4v) is 1.92. The van der Waals surface area contributed by atoms with Gasteiger partial charge in [-0.1, -0.05) is 20.8 Å². The molecule has 110 valence electrons. The van der Waals surface area contributed by atoms with Crippen molar-refractivity contribution in [2.45, 2.75) is 46.6 Å². The predicted molar refractivity (Wildman–Crippen MR) is 71.1 cm³/mol. The molecule has 5 heteroatoms. The van der Waals surface area contributed by atoms with Crippen molar-refractivity contribution in [1.29, 1.82) is 0 Å². The van der Waals surface area contributed by atoms with E-state index in [2.05, 4.69) is 33.0 Å². The summed E-state index contributed by atoms with van der Waals surface area (Å²) in [6.07, 6.45) is -1.30. The van der Waals surface area contributed by atoms with Gasteiger partial charge in [-0.25, -0.2) is 8.78 Å². The summed E-state index contributed by atoms with van der Waals surface area (Å²) in [5.74, 6) is 0. The first kappa shape index (κ1) is 17.7. The SMILES string of the molecule is CCCNC(C)C(C)(C)CN(CCO)CC(F)F. The molecule has 0 heterocycles. The van der Waals surface area contributed by atoms with E-state index in [1.54, 1.807) is 4.90 Å². The first-order valence-electron chi connectivity index (χ1n) is 6.68. The maximum Gasteiger partial charge on any atom is 0.251 e. The molecule has 0 aliphatic carbocycles. The van der Waals surface area contributed by atoms with Crippen molar-refractivity contribution in [1.82, 2.24) is 10.2 Å². The molecule has 0 radical (unpaired) electrons. The minimum Gasteiger partial charge on any atom is -0.395 e. The standard InChI is InChI=1S/C13H28F2N2O/c1-5-6-16-11(2)13(3,4)10-17(7-8-18)9-12(14)15/h11-12,16,18H,5-10H2,1-4H3. The van der Waals surface area contributed by atoms with Crippen LogP contribution in [0, 0.1) is 5.41 Å².